The maximum atomic E-state index is 13.4. The second-order valence-electron chi connectivity index (χ2n) is 12.9. The fourth-order valence-corrected chi connectivity index (χ4v) is 5.79. The van der Waals surface area contributed by atoms with Gasteiger partial charge in [-0.15, -0.1) is 0 Å². The summed E-state index contributed by atoms with van der Waals surface area (Å²) >= 11 is 0. The lowest BCUT2D eigenvalue weighted by molar-refractivity contribution is -0.234. The van der Waals surface area contributed by atoms with Crippen molar-refractivity contribution in [2.75, 3.05) is 0 Å². The summed E-state index contributed by atoms with van der Waals surface area (Å²) in [6.07, 6.45) is 1.67. The number of carbonyl (C=O) groups excluding carboxylic acids is 4. The lowest BCUT2D eigenvalue weighted by atomic mass is 9.78. The Kier molecular flexibility index (Phi) is 13.4. The highest BCUT2D eigenvalue weighted by Gasteiger charge is 2.62. The van der Waals surface area contributed by atoms with Crippen LogP contribution in [0.25, 0.3) is 24.3 Å². The van der Waals surface area contributed by atoms with Gasteiger partial charge in [-0.3, -0.25) is 0 Å². The van der Waals surface area contributed by atoms with Crippen LogP contribution in [0.15, 0.2) is 109 Å². The zero-order valence-corrected chi connectivity index (χ0v) is 30.7. The van der Waals surface area contributed by atoms with Gasteiger partial charge in [-0.2, -0.15) is 0 Å². The van der Waals surface area contributed by atoms with E-state index in [-0.39, 0.29) is 22.6 Å². The summed E-state index contributed by atoms with van der Waals surface area (Å²) in [5.74, 6) is -8.45. The third-order valence-electron chi connectivity index (χ3n) is 8.76. The molecule has 1 saturated carbocycles. The zero-order chi connectivity index (χ0) is 42.7. The van der Waals surface area contributed by atoms with Crippen molar-refractivity contribution in [2.45, 2.75) is 36.8 Å². The Bertz CT molecular complexity index is 2320. The summed E-state index contributed by atoms with van der Waals surface area (Å²) in [5, 5.41) is 68.9. The summed E-state index contributed by atoms with van der Waals surface area (Å²) in [6, 6.07) is 18.5. The van der Waals surface area contributed by atoms with E-state index in [1.165, 1.54) is 91.0 Å². The number of ether oxygens (including phenoxy) is 4. The molecule has 16 nitrogen and oxygen atoms in total. The van der Waals surface area contributed by atoms with Crippen molar-refractivity contribution < 1.29 is 78.7 Å². The molecule has 7 N–H and O–H groups in total. The van der Waals surface area contributed by atoms with E-state index >= 15 is 0 Å². The van der Waals surface area contributed by atoms with Crippen molar-refractivity contribution in [1.82, 2.24) is 0 Å². The van der Waals surface area contributed by atoms with Crippen molar-refractivity contribution in [3.8, 4) is 34.5 Å². The lowest BCUT2D eigenvalue weighted by Gasteiger charge is -2.45. The molecule has 0 aromatic heterocycles. The topological polar surface area (TPSA) is 264 Å². The van der Waals surface area contributed by atoms with Crippen LogP contribution in [0, 0.1) is 0 Å². The first-order chi connectivity index (χ1) is 28.1. The molecule has 5 rings (SSSR count). The molecule has 0 aliphatic heterocycles. The van der Waals surface area contributed by atoms with Crippen molar-refractivity contribution in [3.05, 3.63) is 131 Å². The summed E-state index contributed by atoms with van der Waals surface area (Å²) < 4.78 is 22.5. The number of benzene rings is 4. The second-order valence-corrected chi connectivity index (χ2v) is 12.9. The highest BCUT2D eigenvalue weighted by Crippen LogP contribution is 2.39. The number of esters is 4. The number of phenolic OH excluding ortho intramolecular Hbond substituents is 6. The SMILES string of the molecule is O=C(/C=C/c1ccc(O)c(O)c1)O[C@H]1[C@H](OC(=O)/C=C/c2ccc(O)c(O)c2)CC[C@](OC(=O)/C=C/c2ccc(O)cc2)(C(=O)O)[C@H]1OC(=O)/C=C/c1ccc(O)cc1. The molecule has 304 valence electrons. The molecule has 0 bridgehead atoms. The molecule has 4 aromatic carbocycles. The number of carboxylic acid groups (broad SMARTS) is 1. The van der Waals surface area contributed by atoms with Crippen molar-refractivity contribution in [1.29, 1.82) is 0 Å². The monoisotopic (exact) mass is 808 g/mol. The molecule has 1 fully saturated rings. The van der Waals surface area contributed by atoms with Gasteiger partial charge in [-0.25, -0.2) is 24.0 Å². The molecule has 0 unspecified atom stereocenters. The van der Waals surface area contributed by atoms with E-state index in [2.05, 4.69) is 0 Å². The van der Waals surface area contributed by atoms with Gasteiger partial charge in [0.25, 0.3) is 0 Å². The minimum atomic E-state index is -2.77. The first-order valence-corrected chi connectivity index (χ1v) is 17.5. The smallest absolute Gasteiger partial charge is 0.352 e. The summed E-state index contributed by atoms with van der Waals surface area (Å²) in [7, 11) is 0. The summed E-state index contributed by atoms with van der Waals surface area (Å²) in [6.45, 7) is 0. The Morgan fingerprint density at radius 3 is 1.37 bits per heavy atom. The minimum absolute atomic E-state index is 0.0528. The predicted molar refractivity (Wildman–Crippen MR) is 207 cm³/mol. The van der Waals surface area contributed by atoms with Crippen LogP contribution < -0.4 is 0 Å². The average Bonchev–Trinajstić information content (AvgIpc) is 3.20. The first-order valence-electron chi connectivity index (χ1n) is 17.5. The molecule has 0 saturated heterocycles. The highest BCUT2D eigenvalue weighted by atomic mass is 16.6. The van der Waals surface area contributed by atoms with E-state index < -0.39 is 89.6 Å². The summed E-state index contributed by atoms with van der Waals surface area (Å²) in [5.41, 5.74) is -1.46. The van der Waals surface area contributed by atoms with Crippen LogP contribution in [-0.4, -0.2) is 89.5 Å². The number of carbonyl (C=O) groups is 5. The fourth-order valence-electron chi connectivity index (χ4n) is 5.79. The van der Waals surface area contributed by atoms with Crippen LogP contribution in [0.4, 0.5) is 0 Å². The normalized spacial score (nSPS) is 19.2. The number of rotatable bonds is 13. The van der Waals surface area contributed by atoms with Crippen molar-refractivity contribution >= 4 is 54.2 Å². The molecule has 0 amide bonds. The van der Waals surface area contributed by atoms with Crippen LogP contribution in [0.5, 0.6) is 34.5 Å². The molecular weight excluding hydrogens is 772 g/mol. The summed E-state index contributed by atoms with van der Waals surface area (Å²) in [4.78, 5) is 66.6. The molecule has 1 aliphatic rings. The Hall–Kier alpha value is -8.01. The standard InChI is InChI=1S/C43H36O16/c44-29-11-1-25(2-12-29)7-17-38(52)58-41-40(57-37(51)19-10-28-6-16-32(47)34(49)24-28)35(56-36(50)18-9-27-5-15-31(46)33(48)23-27)21-22-43(41,42(54)55)59-39(53)20-8-26-3-13-30(45)14-4-26/h1-20,23-24,35,40-41,44-49H,21-22H2,(H,54,55)/b17-7+,18-9+,19-10+,20-8+/t35-,40+,41+,43-/m1/s1. The van der Waals surface area contributed by atoms with E-state index in [4.69, 9.17) is 18.9 Å². The van der Waals surface area contributed by atoms with E-state index in [1.807, 2.05) is 0 Å². The van der Waals surface area contributed by atoms with Gasteiger partial charge < -0.3 is 54.7 Å². The zero-order valence-electron chi connectivity index (χ0n) is 30.7. The number of aliphatic carboxylic acids is 1. The minimum Gasteiger partial charge on any atom is -0.508 e. The van der Waals surface area contributed by atoms with E-state index in [1.54, 1.807) is 0 Å². The van der Waals surface area contributed by atoms with Gasteiger partial charge in [-0.1, -0.05) is 36.4 Å². The van der Waals surface area contributed by atoms with Crippen LogP contribution in [0.3, 0.4) is 0 Å². The number of hydrogen-bond acceptors (Lipinski definition) is 15. The number of phenols is 6. The Labute approximate surface area is 335 Å². The average molecular weight is 809 g/mol. The molecule has 4 aromatic rings. The van der Waals surface area contributed by atoms with Gasteiger partial charge in [0, 0.05) is 30.7 Å². The van der Waals surface area contributed by atoms with Gasteiger partial charge in [-0.05, 0) is 102 Å². The van der Waals surface area contributed by atoms with Crippen LogP contribution in [0.2, 0.25) is 0 Å². The van der Waals surface area contributed by atoms with E-state index in [0.29, 0.717) is 11.1 Å². The second kappa shape index (κ2) is 18.8. The Morgan fingerprint density at radius 2 is 0.915 bits per heavy atom. The third-order valence-corrected chi connectivity index (χ3v) is 8.76. The Morgan fingerprint density at radius 1 is 0.508 bits per heavy atom. The van der Waals surface area contributed by atoms with E-state index in [0.717, 1.165) is 42.5 Å². The molecular formula is C43H36O16. The maximum Gasteiger partial charge on any atom is 0.352 e. The van der Waals surface area contributed by atoms with Crippen molar-refractivity contribution in [2.24, 2.45) is 0 Å². The lowest BCUT2D eigenvalue weighted by Crippen LogP contribution is -2.65. The van der Waals surface area contributed by atoms with Gasteiger partial charge in [0.15, 0.2) is 35.2 Å². The largest absolute Gasteiger partial charge is 0.508 e. The molecule has 16 heteroatoms. The first kappa shape index (κ1) is 42.1. The third kappa shape index (κ3) is 11.3. The number of carboxylic acids is 1. The van der Waals surface area contributed by atoms with E-state index in [9.17, 15) is 59.7 Å². The van der Waals surface area contributed by atoms with Gasteiger partial charge in [0.1, 0.15) is 17.6 Å². The molecule has 59 heavy (non-hydrogen) atoms. The van der Waals surface area contributed by atoms with Gasteiger partial charge in [0.2, 0.25) is 5.60 Å². The van der Waals surface area contributed by atoms with Gasteiger partial charge >= 0.3 is 29.8 Å². The Balaban J connectivity index is 1.52. The maximum absolute atomic E-state index is 13.4. The molecule has 0 heterocycles. The van der Waals surface area contributed by atoms with Gasteiger partial charge in [0.05, 0.1) is 0 Å². The quantitative estimate of drug-likeness (QED) is 0.0407. The number of aromatic hydroxyl groups is 6. The molecule has 4 atom stereocenters. The van der Waals surface area contributed by atoms with Crippen LogP contribution in [0.1, 0.15) is 35.1 Å². The number of hydrogen-bond donors (Lipinski definition) is 7. The van der Waals surface area contributed by atoms with Crippen LogP contribution in [-0.2, 0) is 42.9 Å². The highest BCUT2D eigenvalue weighted by molar-refractivity contribution is 5.93. The predicted octanol–water partition coefficient (Wildman–Crippen LogP) is 4.97. The molecule has 1 aliphatic carbocycles. The molecule has 0 spiro atoms. The molecule has 0 radical (unpaired) electrons. The van der Waals surface area contributed by atoms with Crippen LogP contribution >= 0.6 is 0 Å². The van der Waals surface area contributed by atoms with Crippen molar-refractivity contribution in [3.63, 3.8) is 0 Å². The fraction of sp³-hybridized carbons (Fsp3) is 0.140.